The Labute approximate surface area is 124 Å². The third kappa shape index (κ3) is 4.10. The molecule has 122 valence electrons. The Hall–Kier alpha value is -1.81. The molecule has 1 aromatic rings. The van der Waals surface area contributed by atoms with Gasteiger partial charge in [0.05, 0.1) is 4.90 Å². The van der Waals surface area contributed by atoms with E-state index in [2.05, 4.69) is 9.46 Å². The van der Waals surface area contributed by atoms with Gasteiger partial charge in [-0.2, -0.15) is 0 Å². The molecule has 2 rings (SSSR count). The third-order valence-electron chi connectivity index (χ3n) is 3.01. The van der Waals surface area contributed by atoms with Crippen molar-refractivity contribution >= 4 is 15.9 Å². The lowest BCUT2D eigenvalue weighted by Crippen LogP contribution is -2.36. The molecule has 0 aliphatic carbocycles. The van der Waals surface area contributed by atoms with Crippen LogP contribution in [0.1, 0.15) is 6.42 Å². The normalized spacial score (nSPS) is 19.5. The highest BCUT2D eigenvalue weighted by Crippen LogP contribution is 2.25. The van der Waals surface area contributed by atoms with Gasteiger partial charge in [0.25, 0.3) is 0 Å². The summed E-state index contributed by atoms with van der Waals surface area (Å²) in [7, 11) is -2.51. The van der Waals surface area contributed by atoms with E-state index in [1.807, 2.05) is 0 Å². The Morgan fingerprint density at radius 3 is 2.59 bits per heavy atom. The van der Waals surface area contributed by atoms with Crippen molar-refractivity contribution in [1.82, 2.24) is 9.62 Å². The highest BCUT2D eigenvalue weighted by Gasteiger charge is 2.33. The van der Waals surface area contributed by atoms with Crippen LogP contribution in [0.25, 0.3) is 0 Å². The van der Waals surface area contributed by atoms with Crippen LogP contribution in [0.5, 0.6) is 5.75 Å². The number of rotatable bonds is 4. The van der Waals surface area contributed by atoms with E-state index in [1.165, 1.54) is 11.9 Å². The van der Waals surface area contributed by atoms with Gasteiger partial charge in [0.1, 0.15) is 5.75 Å². The highest BCUT2D eigenvalue weighted by atomic mass is 32.2. The molecule has 1 fully saturated rings. The van der Waals surface area contributed by atoms with Gasteiger partial charge in [0.15, 0.2) is 0 Å². The molecule has 0 bridgehead atoms. The summed E-state index contributed by atoms with van der Waals surface area (Å²) in [5.41, 5.74) is 0. The van der Waals surface area contributed by atoms with Crippen LogP contribution >= 0.6 is 0 Å². The summed E-state index contributed by atoms with van der Waals surface area (Å²) >= 11 is 0. The predicted octanol–water partition coefficient (Wildman–Crippen LogP) is 1.09. The molecule has 6 nitrogen and oxygen atoms in total. The molecule has 1 aromatic carbocycles. The fraction of sp³-hybridized carbons (Fsp3) is 0.417. The van der Waals surface area contributed by atoms with E-state index in [0.29, 0.717) is 0 Å². The van der Waals surface area contributed by atoms with Crippen LogP contribution in [-0.2, 0) is 14.8 Å². The van der Waals surface area contributed by atoms with Gasteiger partial charge < -0.3 is 9.64 Å². The number of halogens is 3. The smallest absolute Gasteiger partial charge is 0.406 e. The number of likely N-dealkylation sites (tertiary alicyclic amines) is 1. The van der Waals surface area contributed by atoms with Crippen LogP contribution in [-0.4, -0.2) is 45.2 Å². The van der Waals surface area contributed by atoms with Gasteiger partial charge in [0.2, 0.25) is 15.9 Å². The number of nitrogens with one attached hydrogen (secondary N) is 1. The maximum atomic E-state index is 12.2. The van der Waals surface area contributed by atoms with E-state index >= 15 is 0 Å². The molecule has 1 saturated heterocycles. The van der Waals surface area contributed by atoms with E-state index in [0.717, 1.165) is 24.3 Å². The minimum absolute atomic E-state index is 0.00840. The summed E-state index contributed by atoms with van der Waals surface area (Å²) in [4.78, 5) is 12.4. The van der Waals surface area contributed by atoms with Crippen molar-refractivity contribution in [1.29, 1.82) is 0 Å². The van der Waals surface area contributed by atoms with Crippen LogP contribution < -0.4 is 9.46 Å². The first-order valence-electron chi connectivity index (χ1n) is 6.19. The minimum atomic E-state index is -4.91. The quantitative estimate of drug-likeness (QED) is 0.892. The first kappa shape index (κ1) is 16.6. The van der Waals surface area contributed by atoms with Crippen molar-refractivity contribution in [3.63, 3.8) is 0 Å². The molecule has 0 spiro atoms. The molecule has 0 radical (unpaired) electrons. The molecule has 1 aliphatic heterocycles. The summed E-state index contributed by atoms with van der Waals surface area (Å²) in [5.74, 6) is -0.836. The molecule has 1 heterocycles. The van der Waals surface area contributed by atoms with Gasteiger partial charge in [-0.1, -0.05) is 6.07 Å². The van der Waals surface area contributed by atoms with Gasteiger partial charge in [-0.25, -0.2) is 13.1 Å². The number of likely N-dealkylation sites (N-methyl/N-ethyl adjacent to an activating group) is 1. The van der Waals surface area contributed by atoms with E-state index in [1.54, 1.807) is 0 Å². The number of ether oxygens (including phenoxy) is 1. The summed E-state index contributed by atoms with van der Waals surface area (Å²) in [6.07, 6.45) is -4.90. The second kappa shape index (κ2) is 5.76. The molecule has 0 unspecified atom stereocenters. The number of hydrogen-bond donors (Lipinski definition) is 1. The monoisotopic (exact) mass is 338 g/mol. The van der Waals surface area contributed by atoms with Gasteiger partial charge in [-0.3, -0.25) is 4.79 Å². The average Bonchev–Trinajstić information content (AvgIpc) is 2.65. The van der Waals surface area contributed by atoms with Gasteiger partial charge in [-0.05, 0) is 12.1 Å². The van der Waals surface area contributed by atoms with Crippen molar-refractivity contribution in [2.75, 3.05) is 13.6 Å². The SMILES string of the molecule is CN1C[C@H](NS(=O)(=O)c2cccc(OC(F)(F)F)c2)CC1=O. The lowest BCUT2D eigenvalue weighted by Gasteiger charge is -2.14. The fourth-order valence-electron chi connectivity index (χ4n) is 2.07. The Morgan fingerprint density at radius 2 is 2.05 bits per heavy atom. The van der Waals surface area contributed by atoms with E-state index in [4.69, 9.17) is 0 Å². The zero-order valence-electron chi connectivity index (χ0n) is 11.4. The molecule has 0 saturated carbocycles. The summed E-state index contributed by atoms with van der Waals surface area (Å²) in [6.45, 7) is 0.205. The standard InChI is InChI=1S/C12H13F3N2O4S/c1-17-7-8(5-11(17)18)16-22(19,20)10-4-2-3-9(6-10)21-12(13,14)15/h2-4,6,8,16H,5,7H2,1H3/t8-/m1/s1. The Kier molecular flexibility index (Phi) is 4.34. The third-order valence-corrected chi connectivity index (χ3v) is 4.53. The molecule has 1 amide bonds. The summed E-state index contributed by atoms with van der Waals surface area (Å²) in [5, 5.41) is 0. The Balaban J connectivity index is 2.16. The molecular weight excluding hydrogens is 325 g/mol. The number of benzene rings is 1. The van der Waals surface area contributed by atoms with Crippen molar-refractivity contribution in [3.05, 3.63) is 24.3 Å². The zero-order valence-corrected chi connectivity index (χ0v) is 12.2. The van der Waals surface area contributed by atoms with Crippen molar-refractivity contribution in [2.24, 2.45) is 0 Å². The van der Waals surface area contributed by atoms with E-state index < -0.39 is 28.2 Å². The lowest BCUT2D eigenvalue weighted by atomic mass is 10.3. The zero-order chi connectivity index (χ0) is 16.5. The van der Waals surface area contributed by atoms with Crippen molar-refractivity contribution < 1.29 is 31.1 Å². The maximum absolute atomic E-state index is 12.2. The summed E-state index contributed by atoms with van der Waals surface area (Å²) < 4.78 is 66.7. The van der Waals surface area contributed by atoms with Crippen molar-refractivity contribution in [2.45, 2.75) is 23.7 Å². The van der Waals surface area contributed by atoms with Crippen LogP contribution in [0.3, 0.4) is 0 Å². The van der Waals surface area contributed by atoms with Gasteiger partial charge in [0, 0.05) is 32.1 Å². The number of carbonyl (C=O) groups is 1. The number of nitrogens with zero attached hydrogens (tertiary/aromatic N) is 1. The van der Waals surface area contributed by atoms with Crippen LogP contribution in [0.4, 0.5) is 13.2 Å². The second-order valence-electron chi connectivity index (χ2n) is 4.82. The van der Waals surface area contributed by atoms with E-state index in [-0.39, 0.29) is 23.8 Å². The minimum Gasteiger partial charge on any atom is -0.406 e. The molecule has 1 atom stereocenters. The second-order valence-corrected chi connectivity index (χ2v) is 6.53. The number of sulfonamides is 1. The van der Waals surface area contributed by atoms with Crippen molar-refractivity contribution in [3.8, 4) is 5.75 Å². The topological polar surface area (TPSA) is 75.7 Å². The van der Waals surface area contributed by atoms with Gasteiger partial charge in [-0.15, -0.1) is 13.2 Å². The number of carbonyl (C=O) groups excluding carboxylic acids is 1. The number of alkyl halides is 3. The van der Waals surface area contributed by atoms with Crippen LogP contribution in [0.15, 0.2) is 29.2 Å². The molecule has 1 aliphatic rings. The fourth-order valence-corrected chi connectivity index (χ4v) is 3.33. The Bertz CT molecular complexity index is 675. The van der Waals surface area contributed by atoms with Gasteiger partial charge >= 0.3 is 6.36 Å². The highest BCUT2D eigenvalue weighted by molar-refractivity contribution is 7.89. The van der Waals surface area contributed by atoms with Crippen LogP contribution in [0, 0.1) is 0 Å². The average molecular weight is 338 g/mol. The molecule has 1 N–H and O–H groups in total. The number of amides is 1. The first-order chi connectivity index (χ1) is 10.1. The van der Waals surface area contributed by atoms with E-state index in [9.17, 15) is 26.4 Å². The summed E-state index contributed by atoms with van der Waals surface area (Å²) in [6, 6.07) is 3.44. The van der Waals surface area contributed by atoms with Crippen LogP contribution in [0.2, 0.25) is 0 Å². The molecular formula is C12H13F3N2O4S. The molecule has 22 heavy (non-hydrogen) atoms. The molecule has 0 aromatic heterocycles. The first-order valence-corrected chi connectivity index (χ1v) is 7.67. The number of hydrogen-bond acceptors (Lipinski definition) is 4. The Morgan fingerprint density at radius 1 is 1.36 bits per heavy atom. The predicted molar refractivity (Wildman–Crippen MR) is 69.5 cm³/mol. The maximum Gasteiger partial charge on any atom is 0.573 e. The molecule has 10 heteroatoms. The largest absolute Gasteiger partial charge is 0.573 e. The lowest BCUT2D eigenvalue weighted by molar-refractivity contribution is -0.274.